The molecule has 0 unspecified atom stereocenters. The Morgan fingerprint density at radius 1 is 1.58 bits per heavy atom. The van der Waals surface area contributed by atoms with Crippen molar-refractivity contribution in [3.63, 3.8) is 0 Å². The summed E-state index contributed by atoms with van der Waals surface area (Å²) in [5.41, 5.74) is 6.19. The minimum absolute atomic E-state index is 0.479. The molecule has 0 aliphatic heterocycles. The second kappa shape index (κ2) is 3.74. The molecule has 0 saturated heterocycles. The van der Waals surface area contributed by atoms with Gasteiger partial charge in [0, 0.05) is 5.56 Å². The average Bonchev–Trinajstić information content (AvgIpc) is 2.30. The lowest BCUT2D eigenvalue weighted by Crippen LogP contribution is -2.06. The van der Waals surface area contributed by atoms with Crippen molar-refractivity contribution in [1.29, 1.82) is 0 Å². The molecule has 1 aromatic rings. The third-order valence-corrected chi connectivity index (χ3v) is 1.88. The maximum Gasteiger partial charge on any atom is 0.106 e. The van der Waals surface area contributed by atoms with Crippen LogP contribution in [-0.2, 0) is 0 Å². The van der Waals surface area contributed by atoms with E-state index in [2.05, 4.69) is 0 Å². The van der Waals surface area contributed by atoms with E-state index in [1.807, 2.05) is 19.9 Å². The Balaban J connectivity index is 2.79. The molecule has 0 spiro atoms. The van der Waals surface area contributed by atoms with E-state index < -0.39 is 6.10 Å². The van der Waals surface area contributed by atoms with Crippen molar-refractivity contribution in [3.05, 3.63) is 23.2 Å². The zero-order valence-electron chi connectivity index (χ0n) is 7.50. The number of furan rings is 1. The molecule has 0 fully saturated rings. The SMILES string of the molecule is Cc1cc([C@@H](O)CCN)c(C)o1. The van der Waals surface area contributed by atoms with E-state index in [-0.39, 0.29) is 0 Å². The van der Waals surface area contributed by atoms with Gasteiger partial charge in [0.2, 0.25) is 0 Å². The monoisotopic (exact) mass is 169 g/mol. The molecule has 0 aliphatic carbocycles. The molecule has 12 heavy (non-hydrogen) atoms. The summed E-state index contributed by atoms with van der Waals surface area (Å²) >= 11 is 0. The van der Waals surface area contributed by atoms with Crippen LogP contribution in [0.2, 0.25) is 0 Å². The van der Waals surface area contributed by atoms with Gasteiger partial charge in [-0.3, -0.25) is 0 Å². The van der Waals surface area contributed by atoms with Crippen molar-refractivity contribution in [2.24, 2.45) is 5.73 Å². The van der Waals surface area contributed by atoms with E-state index in [0.717, 1.165) is 17.1 Å². The van der Waals surface area contributed by atoms with Crippen LogP contribution >= 0.6 is 0 Å². The summed E-state index contributed by atoms with van der Waals surface area (Å²) in [6, 6.07) is 1.86. The Morgan fingerprint density at radius 2 is 2.25 bits per heavy atom. The van der Waals surface area contributed by atoms with Gasteiger partial charge >= 0.3 is 0 Å². The van der Waals surface area contributed by atoms with Crippen LogP contribution < -0.4 is 5.73 Å². The molecule has 1 aromatic heterocycles. The Kier molecular flexibility index (Phi) is 2.89. The van der Waals surface area contributed by atoms with Crippen LogP contribution in [0, 0.1) is 13.8 Å². The second-order valence-corrected chi connectivity index (χ2v) is 2.96. The number of nitrogens with two attached hydrogens (primary N) is 1. The van der Waals surface area contributed by atoms with Gasteiger partial charge in [-0.2, -0.15) is 0 Å². The van der Waals surface area contributed by atoms with E-state index in [4.69, 9.17) is 10.2 Å². The minimum atomic E-state index is -0.479. The summed E-state index contributed by atoms with van der Waals surface area (Å²) in [4.78, 5) is 0. The largest absolute Gasteiger partial charge is 0.466 e. The fraction of sp³-hybridized carbons (Fsp3) is 0.556. The molecule has 3 nitrogen and oxygen atoms in total. The molecule has 1 atom stereocenters. The smallest absolute Gasteiger partial charge is 0.106 e. The van der Waals surface area contributed by atoms with Gasteiger partial charge in [0.05, 0.1) is 6.10 Å². The van der Waals surface area contributed by atoms with E-state index in [9.17, 15) is 5.11 Å². The maximum atomic E-state index is 9.57. The first-order valence-corrected chi connectivity index (χ1v) is 4.10. The van der Waals surface area contributed by atoms with E-state index in [1.165, 1.54) is 0 Å². The fourth-order valence-corrected chi connectivity index (χ4v) is 1.29. The normalized spacial score (nSPS) is 13.3. The van der Waals surface area contributed by atoms with Crippen LogP contribution in [0.5, 0.6) is 0 Å². The summed E-state index contributed by atoms with van der Waals surface area (Å²) in [6.45, 7) is 4.21. The highest BCUT2D eigenvalue weighted by Crippen LogP contribution is 2.23. The summed E-state index contributed by atoms with van der Waals surface area (Å²) < 4.78 is 5.28. The van der Waals surface area contributed by atoms with E-state index in [1.54, 1.807) is 0 Å². The average molecular weight is 169 g/mol. The lowest BCUT2D eigenvalue weighted by Gasteiger charge is -2.06. The van der Waals surface area contributed by atoms with Gasteiger partial charge < -0.3 is 15.3 Å². The molecule has 3 heteroatoms. The summed E-state index contributed by atoms with van der Waals surface area (Å²) in [6.07, 6.45) is 0.104. The van der Waals surface area contributed by atoms with Crippen LogP contribution in [0.1, 0.15) is 29.6 Å². The van der Waals surface area contributed by atoms with Gasteiger partial charge in [-0.1, -0.05) is 0 Å². The van der Waals surface area contributed by atoms with Crippen LogP contribution in [0.3, 0.4) is 0 Å². The van der Waals surface area contributed by atoms with Crippen molar-refractivity contribution < 1.29 is 9.52 Å². The molecule has 0 radical (unpaired) electrons. The predicted octanol–water partition coefficient (Wildman–Crippen LogP) is 1.28. The van der Waals surface area contributed by atoms with E-state index >= 15 is 0 Å². The molecule has 68 valence electrons. The lowest BCUT2D eigenvalue weighted by molar-refractivity contribution is 0.168. The number of rotatable bonds is 3. The standard InChI is InChI=1S/C9H15NO2/c1-6-5-8(7(2)12-6)9(11)3-4-10/h5,9,11H,3-4,10H2,1-2H3/t9-/m0/s1. The third-order valence-electron chi connectivity index (χ3n) is 1.88. The topological polar surface area (TPSA) is 59.4 Å². The second-order valence-electron chi connectivity index (χ2n) is 2.96. The fourth-order valence-electron chi connectivity index (χ4n) is 1.29. The molecule has 3 N–H and O–H groups in total. The van der Waals surface area contributed by atoms with Crippen LogP contribution in [-0.4, -0.2) is 11.7 Å². The molecular formula is C9H15NO2. The van der Waals surface area contributed by atoms with Crippen molar-refractivity contribution in [3.8, 4) is 0 Å². The Morgan fingerprint density at radius 3 is 2.67 bits per heavy atom. The zero-order chi connectivity index (χ0) is 9.14. The number of hydrogen-bond donors (Lipinski definition) is 2. The van der Waals surface area contributed by atoms with Crippen molar-refractivity contribution in [2.45, 2.75) is 26.4 Å². The molecule has 0 amide bonds. The van der Waals surface area contributed by atoms with Crippen molar-refractivity contribution in [2.75, 3.05) is 6.54 Å². The van der Waals surface area contributed by atoms with E-state index in [0.29, 0.717) is 13.0 Å². The van der Waals surface area contributed by atoms with Crippen LogP contribution in [0.25, 0.3) is 0 Å². The van der Waals surface area contributed by atoms with Gasteiger partial charge in [-0.15, -0.1) is 0 Å². The van der Waals surface area contributed by atoms with Crippen LogP contribution in [0.4, 0.5) is 0 Å². The molecule has 0 bridgehead atoms. The number of aliphatic hydroxyl groups excluding tert-OH is 1. The molecule has 1 heterocycles. The van der Waals surface area contributed by atoms with Gasteiger partial charge in [-0.25, -0.2) is 0 Å². The Hall–Kier alpha value is -0.800. The third kappa shape index (κ3) is 1.87. The minimum Gasteiger partial charge on any atom is -0.466 e. The predicted molar refractivity (Wildman–Crippen MR) is 46.8 cm³/mol. The molecule has 0 aliphatic rings. The zero-order valence-corrected chi connectivity index (χ0v) is 7.50. The maximum absolute atomic E-state index is 9.57. The Labute approximate surface area is 72.2 Å². The van der Waals surface area contributed by atoms with Crippen molar-refractivity contribution >= 4 is 0 Å². The Bertz CT molecular complexity index is 255. The van der Waals surface area contributed by atoms with Gasteiger partial charge in [0.15, 0.2) is 0 Å². The molecule has 0 aromatic carbocycles. The molecular weight excluding hydrogens is 154 g/mol. The highest BCUT2D eigenvalue weighted by atomic mass is 16.3. The highest BCUT2D eigenvalue weighted by molar-refractivity contribution is 5.22. The molecule has 1 rings (SSSR count). The number of aliphatic hydroxyl groups is 1. The number of aryl methyl sites for hydroxylation is 2. The first-order chi connectivity index (χ1) is 5.65. The first-order valence-electron chi connectivity index (χ1n) is 4.10. The van der Waals surface area contributed by atoms with Gasteiger partial charge in [0.1, 0.15) is 11.5 Å². The molecule has 0 saturated carbocycles. The summed E-state index contributed by atoms with van der Waals surface area (Å²) in [5, 5.41) is 9.57. The quantitative estimate of drug-likeness (QED) is 0.716. The lowest BCUT2D eigenvalue weighted by atomic mass is 10.1. The number of hydrogen-bond acceptors (Lipinski definition) is 3. The van der Waals surface area contributed by atoms with Crippen molar-refractivity contribution in [1.82, 2.24) is 0 Å². The van der Waals surface area contributed by atoms with Gasteiger partial charge in [0.25, 0.3) is 0 Å². The summed E-state index contributed by atoms with van der Waals surface area (Å²) in [5.74, 6) is 1.62. The summed E-state index contributed by atoms with van der Waals surface area (Å²) in [7, 11) is 0. The van der Waals surface area contributed by atoms with Crippen LogP contribution in [0.15, 0.2) is 10.5 Å². The highest BCUT2D eigenvalue weighted by Gasteiger charge is 2.12. The van der Waals surface area contributed by atoms with Gasteiger partial charge in [-0.05, 0) is 32.9 Å². The first kappa shape index (κ1) is 9.29.